The van der Waals surface area contributed by atoms with Crippen molar-refractivity contribution in [2.45, 2.75) is 84.5 Å². The Balaban J connectivity index is 4.21. The fraction of sp³-hybridized carbons (Fsp3) is 0.481. The Hall–Kier alpha value is -2.62. The van der Waals surface area contributed by atoms with E-state index < -0.39 is 11.9 Å². The zero-order valence-electron chi connectivity index (χ0n) is 19.3. The largest absolute Gasteiger partial charge is 0.478 e. The molecule has 0 saturated heterocycles. The van der Waals surface area contributed by atoms with Crippen LogP contribution < -0.4 is 0 Å². The number of unbranched alkanes of at least 4 members (excludes halogenated alkanes) is 6. The van der Waals surface area contributed by atoms with Crippen molar-refractivity contribution in [3.63, 3.8) is 0 Å². The lowest BCUT2D eigenvalue weighted by molar-refractivity contribution is -0.133. The first-order valence-electron chi connectivity index (χ1n) is 11.5. The molecular formula is C27H40O4. The number of carboxylic acids is 2. The minimum absolute atomic E-state index is 0.427. The zero-order valence-corrected chi connectivity index (χ0v) is 19.3. The first kappa shape index (κ1) is 28.4. The maximum absolute atomic E-state index is 11.3. The van der Waals surface area contributed by atoms with Gasteiger partial charge in [-0.05, 0) is 38.5 Å². The molecule has 0 radical (unpaired) electrons. The molecule has 0 aromatic heterocycles. The van der Waals surface area contributed by atoms with Crippen LogP contribution in [0.2, 0.25) is 0 Å². The van der Waals surface area contributed by atoms with Crippen molar-refractivity contribution in [2.75, 3.05) is 0 Å². The molecule has 2 N–H and O–H groups in total. The van der Waals surface area contributed by atoms with Crippen molar-refractivity contribution >= 4 is 11.9 Å². The van der Waals surface area contributed by atoms with Gasteiger partial charge in [0.15, 0.2) is 0 Å². The predicted octanol–water partition coefficient (Wildman–Crippen LogP) is 7.56. The fourth-order valence-electron chi connectivity index (χ4n) is 2.84. The summed E-state index contributed by atoms with van der Waals surface area (Å²) in [5.41, 5.74) is 0.854. The summed E-state index contributed by atoms with van der Waals surface area (Å²) in [6.07, 6.45) is 28.5. The fourth-order valence-corrected chi connectivity index (χ4v) is 2.84. The summed E-state index contributed by atoms with van der Waals surface area (Å²) < 4.78 is 0. The molecule has 0 amide bonds. The summed E-state index contributed by atoms with van der Waals surface area (Å²) in [4.78, 5) is 22.7. The smallest absolute Gasteiger partial charge is 0.331 e. The van der Waals surface area contributed by atoms with E-state index in [-0.39, 0.29) is 0 Å². The van der Waals surface area contributed by atoms with Gasteiger partial charge < -0.3 is 10.2 Å². The molecule has 4 nitrogen and oxygen atoms in total. The van der Waals surface area contributed by atoms with Crippen LogP contribution in [0.5, 0.6) is 0 Å². The molecule has 0 saturated carbocycles. The maximum atomic E-state index is 11.3. The van der Waals surface area contributed by atoms with E-state index in [1.807, 2.05) is 24.3 Å². The third-order valence-electron chi connectivity index (χ3n) is 4.66. The number of aliphatic carboxylic acids is 2. The molecule has 172 valence electrons. The molecule has 4 heteroatoms. The molecule has 0 aliphatic heterocycles. The van der Waals surface area contributed by atoms with Crippen LogP contribution in [0.15, 0.2) is 71.9 Å². The monoisotopic (exact) mass is 428 g/mol. The molecule has 0 unspecified atom stereocenters. The summed E-state index contributed by atoms with van der Waals surface area (Å²) in [7, 11) is 0. The van der Waals surface area contributed by atoms with E-state index in [0.29, 0.717) is 24.0 Å². The number of hydrogen-bond acceptors (Lipinski definition) is 2. The Labute approximate surface area is 188 Å². The highest BCUT2D eigenvalue weighted by atomic mass is 16.4. The van der Waals surface area contributed by atoms with Crippen LogP contribution in [0.1, 0.15) is 84.5 Å². The second kappa shape index (κ2) is 20.6. The van der Waals surface area contributed by atoms with Crippen molar-refractivity contribution < 1.29 is 19.8 Å². The highest BCUT2D eigenvalue weighted by Gasteiger charge is 2.07. The van der Waals surface area contributed by atoms with Crippen LogP contribution in [0.25, 0.3) is 0 Å². The van der Waals surface area contributed by atoms with Crippen molar-refractivity contribution in [1.82, 2.24) is 0 Å². The normalized spacial score (nSPS) is 13.4. The van der Waals surface area contributed by atoms with Crippen molar-refractivity contribution in [3.05, 3.63) is 71.9 Å². The van der Waals surface area contributed by atoms with Gasteiger partial charge in [-0.25, -0.2) is 9.59 Å². The minimum Gasteiger partial charge on any atom is -0.478 e. The summed E-state index contributed by atoms with van der Waals surface area (Å²) >= 11 is 0. The van der Waals surface area contributed by atoms with Crippen molar-refractivity contribution in [1.29, 1.82) is 0 Å². The third kappa shape index (κ3) is 17.9. The van der Waals surface area contributed by atoms with Gasteiger partial charge in [0, 0.05) is 11.1 Å². The second-order valence-corrected chi connectivity index (χ2v) is 7.47. The van der Waals surface area contributed by atoms with Crippen molar-refractivity contribution in [2.24, 2.45) is 0 Å². The van der Waals surface area contributed by atoms with Gasteiger partial charge in [0.25, 0.3) is 0 Å². The number of allylic oxidation sites excluding steroid dienone is 10. The molecule has 0 rings (SSSR count). The van der Waals surface area contributed by atoms with E-state index in [9.17, 15) is 19.8 Å². The molecule has 0 aromatic rings. The van der Waals surface area contributed by atoms with E-state index >= 15 is 0 Å². The summed E-state index contributed by atoms with van der Waals surface area (Å²) in [6, 6.07) is 0. The molecule has 31 heavy (non-hydrogen) atoms. The van der Waals surface area contributed by atoms with E-state index in [4.69, 9.17) is 0 Å². The lowest BCUT2D eigenvalue weighted by Gasteiger charge is -2.04. The topological polar surface area (TPSA) is 74.6 Å². The molecule has 0 heterocycles. The van der Waals surface area contributed by atoms with Gasteiger partial charge in [-0.2, -0.15) is 0 Å². The van der Waals surface area contributed by atoms with E-state index in [1.54, 1.807) is 24.3 Å². The van der Waals surface area contributed by atoms with E-state index in [1.165, 1.54) is 0 Å². The van der Waals surface area contributed by atoms with Gasteiger partial charge in [0.05, 0.1) is 0 Å². The lowest BCUT2D eigenvalue weighted by Crippen LogP contribution is -2.01. The van der Waals surface area contributed by atoms with Crippen LogP contribution in [0, 0.1) is 0 Å². The Kier molecular flexibility index (Phi) is 18.9. The van der Waals surface area contributed by atoms with Crippen LogP contribution in [-0.2, 0) is 9.59 Å². The van der Waals surface area contributed by atoms with Crippen molar-refractivity contribution in [3.8, 4) is 0 Å². The average molecular weight is 429 g/mol. The van der Waals surface area contributed by atoms with Crippen LogP contribution >= 0.6 is 0 Å². The Morgan fingerprint density at radius 1 is 0.581 bits per heavy atom. The molecule has 0 aromatic carbocycles. The van der Waals surface area contributed by atoms with E-state index in [0.717, 1.165) is 57.8 Å². The molecule has 0 bridgehead atoms. The molecule has 0 aliphatic rings. The van der Waals surface area contributed by atoms with Crippen LogP contribution in [0.4, 0.5) is 0 Å². The molecule has 0 atom stereocenters. The lowest BCUT2D eigenvalue weighted by atomic mass is 10.0. The average Bonchev–Trinajstić information content (AvgIpc) is 2.74. The SMILES string of the molecule is CCC/C=C/C=C/C=C(\CCCCCCC\C(=C/C=C/C=C/CCC)C(=O)O)C(=O)O. The first-order chi connectivity index (χ1) is 15.0. The second-order valence-electron chi connectivity index (χ2n) is 7.47. The minimum atomic E-state index is -0.865. The first-order valence-corrected chi connectivity index (χ1v) is 11.5. The molecule has 0 aliphatic carbocycles. The highest BCUT2D eigenvalue weighted by Crippen LogP contribution is 2.15. The van der Waals surface area contributed by atoms with Gasteiger partial charge in [-0.15, -0.1) is 0 Å². The Morgan fingerprint density at radius 3 is 1.32 bits per heavy atom. The van der Waals surface area contributed by atoms with Crippen LogP contribution in [0.3, 0.4) is 0 Å². The van der Waals surface area contributed by atoms with Gasteiger partial charge in [0.1, 0.15) is 0 Å². The number of carbonyl (C=O) groups is 2. The van der Waals surface area contributed by atoms with Crippen LogP contribution in [-0.4, -0.2) is 22.2 Å². The third-order valence-corrected chi connectivity index (χ3v) is 4.66. The quantitative estimate of drug-likeness (QED) is 0.134. The number of carboxylic acid groups (broad SMARTS) is 2. The zero-order chi connectivity index (χ0) is 23.2. The van der Waals surface area contributed by atoms with Gasteiger partial charge >= 0.3 is 11.9 Å². The predicted molar refractivity (Wildman–Crippen MR) is 130 cm³/mol. The molecule has 0 fully saturated rings. The van der Waals surface area contributed by atoms with Gasteiger partial charge in [0.2, 0.25) is 0 Å². The molecule has 0 spiro atoms. The summed E-state index contributed by atoms with van der Waals surface area (Å²) in [5, 5.41) is 18.6. The summed E-state index contributed by atoms with van der Waals surface area (Å²) in [6.45, 7) is 4.23. The Bertz CT molecular complexity index is 617. The van der Waals surface area contributed by atoms with Gasteiger partial charge in [-0.1, -0.05) is 107 Å². The van der Waals surface area contributed by atoms with Gasteiger partial charge in [-0.3, -0.25) is 0 Å². The standard InChI is InChI=1S/C27H40O4/c1-3-5-7-9-12-16-20-24(26(28)29)22-18-14-11-15-19-23-25(27(30)31)21-17-13-10-8-6-4-2/h7-10,12-13,16-17,20-21H,3-6,11,14-15,18-19,22-23H2,1-2H3,(H,28,29)(H,30,31)/b9-7+,10-8+,16-12+,17-13+,24-20+,25-21+. The van der Waals surface area contributed by atoms with E-state index in [2.05, 4.69) is 26.0 Å². The highest BCUT2D eigenvalue weighted by molar-refractivity contribution is 5.87. The summed E-state index contributed by atoms with van der Waals surface area (Å²) in [5.74, 6) is -1.73. The Morgan fingerprint density at radius 2 is 0.968 bits per heavy atom. The number of hydrogen-bond donors (Lipinski definition) is 2. The number of rotatable bonds is 18. The molecular weight excluding hydrogens is 388 g/mol. The maximum Gasteiger partial charge on any atom is 0.331 e.